The number of oxime groups is 1. The van der Waals surface area contributed by atoms with E-state index < -0.39 is 0 Å². The van der Waals surface area contributed by atoms with Gasteiger partial charge in [-0.25, -0.2) is 0 Å². The molecule has 24 heavy (non-hydrogen) atoms. The van der Waals surface area contributed by atoms with E-state index in [4.69, 9.17) is 16.8 Å². The molecule has 2 aromatic carbocycles. The van der Waals surface area contributed by atoms with Gasteiger partial charge in [-0.15, -0.1) is 0 Å². The first-order valence-electron chi connectivity index (χ1n) is 8.71. The third-order valence-electron chi connectivity index (χ3n) is 5.24. The van der Waals surface area contributed by atoms with E-state index in [1.54, 1.807) is 0 Å². The zero-order valence-electron chi connectivity index (χ0n) is 14.6. The van der Waals surface area contributed by atoms with Gasteiger partial charge in [-0.3, -0.25) is 0 Å². The Hall–Kier alpha value is -1.80. The summed E-state index contributed by atoms with van der Waals surface area (Å²) in [7, 11) is 0. The highest BCUT2D eigenvalue weighted by Crippen LogP contribution is 2.54. The Morgan fingerprint density at radius 3 is 2.17 bits per heavy atom. The average Bonchev–Trinajstić information content (AvgIpc) is 2.84. The van der Waals surface area contributed by atoms with Crippen LogP contribution in [0.3, 0.4) is 0 Å². The zero-order chi connectivity index (χ0) is 17.3. The number of hydrogen-bond donors (Lipinski definition) is 1. The molecule has 0 atom stereocenters. The Balaban J connectivity index is 2.30. The number of benzene rings is 2. The molecule has 2 aromatic rings. The lowest BCUT2D eigenvalue weighted by atomic mass is 9.71. The molecule has 126 valence electrons. The van der Waals surface area contributed by atoms with Crippen molar-refractivity contribution in [2.45, 2.75) is 51.9 Å². The number of fused-ring (bicyclic) bond motifs is 3. The third kappa shape index (κ3) is 2.53. The van der Waals surface area contributed by atoms with Crippen molar-refractivity contribution >= 4 is 17.3 Å². The molecule has 0 unspecified atom stereocenters. The molecule has 0 aromatic heterocycles. The zero-order valence-corrected chi connectivity index (χ0v) is 15.3. The first kappa shape index (κ1) is 17.0. The fourth-order valence-corrected chi connectivity index (χ4v) is 4.44. The van der Waals surface area contributed by atoms with Gasteiger partial charge in [0.05, 0.1) is 5.71 Å². The van der Waals surface area contributed by atoms with Gasteiger partial charge in [0.25, 0.3) is 0 Å². The number of nitrogens with zero attached hydrogens (tertiary/aromatic N) is 1. The maximum atomic E-state index is 9.15. The fraction of sp³-hybridized carbons (Fsp3) is 0.381. The lowest BCUT2D eigenvalue weighted by Crippen LogP contribution is -2.25. The van der Waals surface area contributed by atoms with Gasteiger partial charge in [-0.2, -0.15) is 0 Å². The van der Waals surface area contributed by atoms with Gasteiger partial charge in [0, 0.05) is 10.4 Å². The van der Waals surface area contributed by atoms with Crippen LogP contribution in [0.5, 0.6) is 0 Å². The lowest BCUT2D eigenvalue weighted by molar-refractivity contribution is 0.319. The smallest absolute Gasteiger partial charge is 0.0837 e. The maximum Gasteiger partial charge on any atom is 0.0837 e. The SMILES string of the molecule is CCCC1(CCC)c2cc(Cl)ccc2-c2ccc(C(C)=NO)cc21. The summed E-state index contributed by atoms with van der Waals surface area (Å²) in [6.07, 6.45) is 4.42. The first-order chi connectivity index (χ1) is 11.6. The Labute approximate surface area is 149 Å². The minimum Gasteiger partial charge on any atom is -0.411 e. The van der Waals surface area contributed by atoms with Gasteiger partial charge in [-0.1, -0.05) is 61.6 Å². The molecule has 0 amide bonds. The minimum atomic E-state index is 0.00477. The molecular formula is C21H24ClNO. The predicted molar refractivity (Wildman–Crippen MR) is 101 cm³/mol. The Bertz CT molecular complexity index is 788. The average molecular weight is 342 g/mol. The molecular weight excluding hydrogens is 318 g/mol. The first-order valence-corrected chi connectivity index (χ1v) is 9.09. The molecule has 3 rings (SSSR count). The van der Waals surface area contributed by atoms with E-state index in [1.807, 2.05) is 19.1 Å². The number of halogens is 1. The van der Waals surface area contributed by atoms with E-state index in [0.29, 0.717) is 5.71 Å². The molecule has 0 saturated heterocycles. The highest BCUT2D eigenvalue weighted by molar-refractivity contribution is 6.30. The Kier molecular flexibility index (Phi) is 4.69. The highest BCUT2D eigenvalue weighted by Gasteiger charge is 2.42. The van der Waals surface area contributed by atoms with Crippen LogP contribution in [-0.4, -0.2) is 10.9 Å². The van der Waals surface area contributed by atoms with Crippen molar-refractivity contribution in [1.82, 2.24) is 0 Å². The molecule has 1 aliphatic carbocycles. The van der Waals surface area contributed by atoms with E-state index in [9.17, 15) is 0 Å². The second-order valence-corrected chi connectivity index (χ2v) is 7.15. The third-order valence-corrected chi connectivity index (χ3v) is 5.48. The molecule has 2 nitrogen and oxygen atoms in total. The standard InChI is InChI=1S/C21H24ClNO/c1-4-10-21(11-5-2)19-12-15(14(3)23-24)6-8-17(19)18-9-7-16(22)13-20(18)21/h6-9,12-13,24H,4-5,10-11H2,1-3H3. The van der Waals surface area contributed by atoms with Gasteiger partial charge in [0.15, 0.2) is 0 Å². The van der Waals surface area contributed by atoms with Crippen LogP contribution in [0.25, 0.3) is 11.1 Å². The predicted octanol–water partition coefficient (Wildman–Crippen LogP) is 6.40. The minimum absolute atomic E-state index is 0.00477. The molecule has 0 aliphatic heterocycles. The van der Waals surface area contributed by atoms with Crippen molar-refractivity contribution in [3.05, 3.63) is 58.1 Å². The van der Waals surface area contributed by atoms with Crippen molar-refractivity contribution in [3.63, 3.8) is 0 Å². The van der Waals surface area contributed by atoms with E-state index >= 15 is 0 Å². The fourth-order valence-electron chi connectivity index (χ4n) is 4.27. The van der Waals surface area contributed by atoms with Crippen LogP contribution in [0.15, 0.2) is 41.6 Å². The quantitative estimate of drug-likeness (QED) is 0.380. The molecule has 1 aliphatic rings. The number of rotatable bonds is 5. The Morgan fingerprint density at radius 1 is 1.00 bits per heavy atom. The van der Waals surface area contributed by atoms with Gasteiger partial charge < -0.3 is 5.21 Å². The molecule has 1 N–H and O–H groups in total. The lowest BCUT2D eigenvalue weighted by Gasteiger charge is -2.32. The largest absolute Gasteiger partial charge is 0.411 e. The molecule has 0 radical (unpaired) electrons. The molecule has 0 spiro atoms. The van der Waals surface area contributed by atoms with Crippen LogP contribution in [0.2, 0.25) is 5.02 Å². The molecule has 0 fully saturated rings. The second kappa shape index (κ2) is 6.60. The summed E-state index contributed by atoms with van der Waals surface area (Å²) in [5, 5.41) is 13.3. The van der Waals surface area contributed by atoms with E-state index in [0.717, 1.165) is 36.3 Å². The summed E-state index contributed by atoms with van der Waals surface area (Å²) in [5.41, 5.74) is 6.92. The van der Waals surface area contributed by atoms with E-state index in [-0.39, 0.29) is 5.41 Å². The van der Waals surface area contributed by atoms with Crippen molar-refractivity contribution in [2.24, 2.45) is 5.16 Å². The topological polar surface area (TPSA) is 32.6 Å². The Morgan fingerprint density at radius 2 is 1.58 bits per heavy atom. The second-order valence-electron chi connectivity index (χ2n) is 6.72. The van der Waals surface area contributed by atoms with E-state index in [1.165, 1.54) is 22.3 Å². The van der Waals surface area contributed by atoms with Crippen LogP contribution in [0.4, 0.5) is 0 Å². The maximum absolute atomic E-state index is 9.15. The molecule has 3 heteroatoms. The van der Waals surface area contributed by atoms with Crippen LogP contribution < -0.4 is 0 Å². The van der Waals surface area contributed by atoms with Crippen LogP contribution in [0.1, 0.15) is 63.1 Å². The summed E-state index contributed by atoms with van der Waals surface area (Å²) in [5.74, 6) is 0. The van der Waals surface area contributed by atoms with Crippen LogP contribution in [-0.2, 0) is 5.41 Å². The summed E-state index contributed by atoms with van der Waals surface area (Å²) >= 11 is 6.35. The van der Waals surface area contributed by atoms with Crippen LogP contribution >= 0.6 is 11.6 Å². The molecule has 0 saturated carbocycles. The highest BCUT2D eigenvalue weighted by atomic mass is 35.5. The summed E-state index contributed by atoms with van der Waals surface area (Å²) in [6, 6.07) is 12.7. The summed E-state index contributed by atoms with van der Waals surface area (Å²) in [6.45, 7) is 6.32. The molecule has 0 bridgehead atoms. The van der Waals surface area contributed by atoms with Gasteiger partial charge >= 0.3 is 0 Å². The van der Waals surface area contributed by atoms with E-state index in [2.05, 4.69) is 43.3 Å². The number of hydrogen-bond acceptors (Lipinski definition) is 2. The normalized spacial score (nSPS) is 15.2. The van der Waals surface area contributed by atoms with Crippen LogP contribution in [0, 0.1) is 0 Å². The van der Waals surface area contributed by atoms with Crippen molar-refractivity contribution in [2.75, 3.05) is 0 Å². The van der Waals surface area contributed by atoms with Gasteiger partial charge in [0.2, 0.25) is 0 Å². The monoisotopic (exact) mass is 341 g/mol. The summed E-state index contributed by atoms with van der Waals surface area (Å²) < 4.78 is 0. The van der Waals surface area contributed by atoms with Gasteiger partial charge in [0.1, 0.15) is 0 Å². The van der Waals surface area contributed by atoms with Crippen molar-refractivity contribution < 1.29 is 5.21 Å². The summed E-state index contributed by atoms with van der Waals surface area (Å²) in [4.78, 5) is 0. The van der Waals surface area contributed by atoms with Crippen molar-refractivity contribution in [3.8, 4) is 11.1 Å². The van der Waals surface area contributed by atoms with Crippen molar-refractivity contribution in [1.29, 1.82) is 0 Å². The van der Waals surface area contributed by atoms with Gasteiger partial charge in [-0.05, 0) is 65.8 Å². The molecule has 0 heterocycles.